The minimum absolute atomic E-state index is 0.0303. The molecule has 0 saturated carbocycles. The smallest absolute Gasteiger partial charge is 0.333 e. The van der Waals surface area contributed by atoms with Crippen LogP contribution in [0.1, 0.15) is 5.56 Å². The number of nitro groups is 1. The number of aromatic nitrogens is 3. The first-order valence-electron chi connectivity index (χ1n) is 7.25. The first-order chi connectivity index (χ1) is 12.0. The SMILES string of the molecule is Cc1ccc(Nc2ncnc(Nc3ccccc3Cl)c2[N+](=O)[O-])nc1. The average Bonchev–Trinajstić information content (AvgIpc) is 2.59. The van der Waals surface area contributed by atoms with Gasteiger partial charge in [-0.2, -0.15) is 0 Å². The van der Waals surface area contributed by atoms with E-state index in [9.17, 15) is 10.1 Å². The molecule has 0 saturated heterocycles. The molecule has 25 heavy (non-hydrogen) atoms. The van der Waals surface area contributed by atoms with E-state index in [1.165, 1.54) is 6.33 Å². The van der Waals surface area contributed by atoms with Crippen LogP contribution in [0.5, 0.6) is 0 Å². The predicted molar refractivity (Wildman–Crippen MR) is 95.7 cm³/mol. The zero-order chi connectivity index (χ0) is 17.8. The van der Waals surface area contributed by atoms with Crippen LogP contribution in [0.25, 0.3) is 0 Å². The Hall–Kier alpha value is -3.26. The Bertz CT molecular complexity index is 917. The molecule has 0 aliphatic carbocycles. The molecule has 3 rings (SSSR count). The number of pyridine rings is 1. The predicted octanol–water partition coefficient (Wildman–Crippen LogP) is 4.23. The second-order valence-electron chi connectivity index (χ2n) is 5.13. The molecule has 0 bridgehead atoms. The van der Waals surface area contributed by atoms with Crippen molar-refractivity contribution < 1.29 is 4.92 Å². The lowest BCUT2D eigenvalue weighted by Crippen LogP contribution is -2.06. The Morgan fingerprint density at radius 3 is 2.40 bits per heavy atom. The van der Waals surface area contributed by atoms with Crippen molar-refractivity contribution in [2.75, 3.05) is 10.6 Å². The van der Waals surface area contributed by atoms with Crippen LogP contribution >= 0.6 is 11.6 Å². The van der Waals surface area contributed by atoms with Gasteiger partial charge in [-0.25, -0.2) is 15.0 Å². The molecule has 0 amide bonds. The Morgan fingerprint density at radius 2 is 1.76 bits per heavy atom. The zero-order valence-electron chi connectivity index (χ0n) is 13.1. The molecular weight excluding hydrogens is 344 g/mol. The van der Waals surface area contributed by atoms with Gasteiger partial charge in [0.1, 0.15) is 12.1 Å². The third kappa shape index (κ3) is 3.81. The van der Waals surface area contributed by atoms with Gasteiger partial charge in [-0.3, -0.25) is 10.1 Å². The number of rotatable bonds is 5. The van der Waals surface area contributed by atoms with Crippen LogP contribution in [0.4, 0.5) is 28.8 Å². The molecule has 9 heteroatoms. The molecule has 2 heterocycles. The first kappa shape index (κ1) is 16.6. The van der Waals surface area contributed by atoms with Crippen molar-refractivity contribution in [2.24, 2.45) is 0 Å². The van der Waals surface area contributed by atoms with Gasteiger partial charge in [0.05, 0.1) is 15.6 Å². The van der Waals surface area contributed by atoms with Crippen LogP contribution in [-0.2, 0) is 0 Å². The van der Waals surface area contributed by atoms with Crippen LogP contribution in [0.15, 0.2) is 48.9 Å². The fourth-order valence-electron chi connectivity index (χ4n) is 2.09. The maximum absolute atomic E-state index is 11.6. The molecule has 0 spiro atoms. The van der Waals surface area contributed by atoms with E-state index < -0.39 is 4.92 Å². The number of hydrogen-bond donors (Lipinski definition) is 2. The van der Waals surface area contributed by atoms with E-state index in [2.05, 4.69) is 25.6 Å². The van der Waals surface area contributed by atoms with Crippen LogP contribution in [0, 0.1) is 17.0 Å². The maximum Gasteiger partial charge on any atom is 0.353 e. The fourth-order valence-corrected chi connectivity index (χ4v) is 2.27. The number of benzene rings is 1. The highest BCUT2D eigenvalue weighted by Gasteiger charge is 2.24. The molecule has 0 aliphatic rings. The van der Waals surface area contributed by atoms with Crippen molar-refractivity contribution in [1.29, 1.82) is 0 Å². The van der Waals surface area contributed by atoms with E-state index in [4.69, 9.17) is 11.6 Å². The summed E-state index contributed by atoms with van der Waals surface area (Å²) in [6.45, 7) is 1.90. The highest BCUT2D eigenvalue weighted by atomic mass is 35.5. The van der Waals surface area contributed by atoms with Gasteiger partial charge in [0, 0.05) is 6.20 Å². The molecule has 0 atom stereocenters. The Labute approximate surface area is 148 Å². The van der Waals surface area contributed by atoms with E-state index in [-0.39, 0.29) is 17.3 Å². The van der Waals surface area contributed by atoms with Gasteiger partial charge in [0.15, 0.2) is 0 Å². The molecule has 0 radical (unpaired) electrons. The lowest BCUT2D eigenvalue weighted by molar-refractivity contribution is -0.383. The number of hydrogen-bond acceptors (Lipinski definition) is 7. The summed E-state index contributed by atoms with van der Waals surface area (Å²) < 4.78 is 0. The summed E-state index contributed by atoms with van der Waals surface area (Å²) in [4.78, 5) is 23.1. The molecule has 126 valence electrons. The van der Waals surface area contributed by atoms with Crippen LogP contribution in [0.2, 0.25) is 5.02 Å². The summed E-state index contributed by atoms with van der Waals surface area (Å²) in [6.07, 6.45) is 2.88. The zero-order valence-corrected chi connectivity index (χ0v) is 13.9. The number of aryl methyl sites for hydroxylation is 1. The monoisotopic (exact) mass is 356 g/mol. The summed E-state index contributed by atoms with van der Waals surface area (Å²) in [5.41, 5.74) is 1.18. The van der Waals surface area contributed by atoms with Gasteiger partial charge in [-0.1, -0.05) is 29.8 Å². The molecule has 0 fully saturated rings. The summed E-state index contributed by atoms with van der Waals surface area (Å²) in [5.74, 6) is 0.504. The van der Waals surface area contributed by atoms with Gasteiger partial charge in [0.2, 0.25) is 11.6 Å². The van der Waals surface area contributed by atoms with Gasteiger partial charge >= 0.3 is 5.69 Å². The third-order valence-corrected chi connectivity index (χ3v) is 3.62. The molecule has 2 N–H and O–H groups in total. The van der Waals surface area contributed by atoms with E-state index in [0.717, 1.165) is 5.56 Å². The third-order valence-electron chi connectivity index (χ3n) is 3.29. The minimum Gasteiger partial charge on any atom is -0.333 e. The Balaban J connectivity index is 1.98. The van der Waals surface area contributed by atoms with E-state index in [1.807, 2.05) is 13.0 Å². The molecule has 0 unspecified atom stereocenters. The topological polar surface area (TPSA) is 106 Å². The lowest BCUT2D eigenvalue weighted by Gasteiger charge is -2.10. The highest BCUT2D eigenvalue weighted by Crippen LogP contribution is 2.34. The summed E-state index contributed by atoms with van der Waals surface area (Å²) in [6, 6.07) is 10.4. The van der Waals surface area contributed by atoms with Gasteiger partial charge in [-0.15, -0.1) is 0 Å². The maximum atomic E-state index is 11.6. The van der Waals surface area contributed by atoms with E-state index in [1.54, 1.807) is 36.5 Å². The second kappa shape index (κ2) is 7.10. The van der Waals surface area contributed by atoms with Crippen molar-refractivity contribution in [3.63, 3.8) is 0 Å². The van der Waals surface area contributed by atoms with Gasteiger partial charge in [0.25, 0.3) is 0 Å². The van der Waals surface area contributed by atoms with Crippen molar-refractivity contribution in [3.05, 3.63) is 69.6 Å². The normalized spacial score (nSPS) is 10.3. The largest absolute Gasteiger partial charge is 0.353 e. The van der Waals surface area contributed by atoms with Crippen molar-refractivity contribution in [3.8, 4) is 0 Å². The summed E-state index contributed by atoms with van der Waals surface area (Å²) in [5, 5.41) is 17.7. The number of nitrogens with zero attached hydrogens (tertiary/aromatic N) is 4. The Kier molecular flexibility index (Phi) is 4.71. The quantitative estimate of drug-likeness (QED) is 0.520. The molecule has 0 aliphatic heterocycles. The van der Waals surface area contributed by atoms with Crippen molar-refractivity contribution in [1.82, 2.24) is 15.0 Å². The van der Waals surface area contributed by atoms with Crippen LogP contribution < -0.4 is 10.6 Å². The van der Waals surface area contributed by atoms with Crippen LogP contribution in [-0.4, -0.2) is 19.9 Å². The van der Waals surface area contributed by atoms with Crippen LogP contribution in [0.3, 0.4) is 0 Å². The second-order valence-corrected chi connectivity index (χ2v) is 5.53. The first-order valence-corrected chi connectivity index (χ1v) is 7.63. The summed E-state index contributed by atoms with van der Waals surface area (Å²) in [7, 11) is 0. The summed E-state index contributed by atoms with van der Waals surface area (Å²) >= 11 is 6.09. The van der Waals surface area contributed by atoms with Crippen molar-refractivity contribution in [2.45, 2.75) is 6.92 Å². The highest BCUT2D eigenvalue weighted by molar-refractivity contribution is 6.33. The fraction of sp³-hybridized carbons (Fsp3) is 0.0625. The van der Waals surface area contributed by atoms with E-state index in [0.29, 0.717) is 16.5 Å². The molecular formula is C16H13ClN6O2. The number of halogens is 1. The molecule has 3 aromatic rings. The minimum atomic E-state index is -0.560. The molecule has 1 aromatic carbocycles. The molecule has 2 aromatic heterocycles. The standard InChI is InChI=1S/C16H13ClN6O2/c1-10-6-7-13(18-8-10)22-16-14(23(24)25)15(19-9-20-16)21-12-5-3-2-4-11(12)17/h2-9H,1H3,(H2,18,19,20,21,22). The molecule has 8 nitrogen and oxygen atoms in total. The van der Waals surface area contributed by atoms with Gasteiger partial charge < -0.3 is 10.6 Å². The lowest BCUT2D eigenvalue weighted by atomic mass is 10.3. The number of nitrogens with one attached hydrogen (secondary N) is 2. The number of anilines is 4. The number of para-hydroxylation sites is 1. The van der Waals surface area contributed by atoms with Gasteiger partial charge in [-0.05, 0) is 30.7 Å². The average molecular weight is 357 g/mol. The van der Waals surface area contributed by atoms with Crippen molar-refractivity contribution >= 4 is 40.4 Å². The Morgan fingerprint density at radius 1 is 1.04 bits per heavy atom. The van der Waals surface area contributed by atoms with E-state index >= 15 is 0 Å².